The molecule has 0 amide bonds. The minimum atomic E-state index is -3.83. The Morgan fingerprint density at radius 3 is 2.44 bits per heavy atom. The van der Waals surface area contributed by atoms with E-state index in [0.29, 0.717) is 10.7 Å². The number of benzene rings is 2. The van der Waals surface area contributed by atoms with E-state index in [1.807, 2.05) is 42.5 Å². The van der Waals surface area contributed by atoms with E-state index >= 15 is 0 Å². The summed E-state index contributed by atoms with van der Waals surface area (Å²) >= 11 is 0.933. The van der Waals surface area contributed by atoms with Crippen molar-refractivity contribution < 1.29 is 17.9 Å². The zero-order valence-electron chi connectivity index (χ0n) is 13.7. The van der Waals surface area contributed by atoms with Crippen LogP contribution in [-0.2, 0) is 10.0 Å². The molecular weight excluding hydrogens is 388 g/mol. The molecule has 0 saturated carbocycles. The fourth-order valence-corrected chi connectivity index (χ4v) is 4.35. The number of sulfonamides is 1. The minimum absolute atomic E-state index is 0.158. The molecule has 1 aliphatic rings. The molecule has 0 unspecified atom stereocenters. The Bertz CT molecular complexity index is 1240. The lowest BCUT2D eigenvalue weighted by atomic mass is 10.0. The summed E-state index contributed by atoms with van der Waals surface area (Å²) < 4.78 is 34.7. The maximum atomic E-state index is 11.4. The summed E-state index contributed by atoms with van der Waals surface area (Å²) in [6.07, 6.45) is 1.68. The minimum Gasteiger partial charge on any atom is -0.454 e. The van der Waals surface area contributed by atoms with Gasteiger partial charge in [0.25, 0.3) is 10.0 Å². The smallest absolute Gasteiger partial charge is 0.267 e. The molecule has 0 atom stereocenters. The largest absolute Gasteiger partial charge is 0.454 e. The fourth-order valence-electron chi connectivity index (χ4n) is 2.85. The highest BCUT2D eigenvalue weighted by molar-refractivity contribution is 7.91. The molecule has 3 heterocycles. The van der Waals surface area contributed by atoms with Crippen molar-refractivity contribution in [3.8, 4) is 33.9 Å². The van der Waals surface area contributed by atoms with E-state index in [0.717, 1.165) is 39.5 Å². The van der Waals surface area contributed by atoms with Gasteiger partial charge in [0.05, 0.1) is 11.9 Å². The molecule has 0 saturated heterocycles. The van der Waals surface area contributed by atoms with E-state index in [9.17, 15) is 8.42 Å². The molecule has 0 fully saturated rings. The van der Waals surface area contributed by atoms with Crippen LogP contribution in [0.15, 0.2) is 53.0 Å². The second kappa shape index (κ2) is 5.78. The van der Waals surface area contributed by atoms with Crippen LogP contribution in [0, 0.1) is 0 Å². The number of ether oxygens (including phenoxy) is 2. The first-order valence-corrected chi connectivity index (χ1v) is 10.2. The Kier molecular flexibility index (Phi) is 3.47. The van der Waals surface area contributed by atoms with Crippen molar-refractivity contribution in [3.05, 3.63) is 48.7 Å². The number of fused-ring (bicyclic) bond motifs is 2. The fraction of sp³-hybridized carbons (Fsp3) is 0.0588. The van der Waals surface area contributed by atoms with E-state index in [1.165, 1.54) is 4.52 Å². The molecule has 0 bridgehead atoms. The predicted molar refractivity (Wildman–Crippen MR) is 99.2 cm³/mol. The number of primary sulfonamides is 1. The Balaban J connectivity index is 1.46. The number of nitrogens with zero attached hydrogens (tertiary/aromatic N) is 3. The first-order valence-electron chi connectivity index (χ1n) is 7.87. The van der Waals surface area contributed by atoms with Gasteiger partial charge in [0, 0.05) is 5.56 Å². The molecule has 2 aromatic carbocycles. The van der Waals surface area contributed by atoms with Gasteiger partial charge in [-0.3, -0.25) is 0 Å². The van der Waals surface area contributed by atoms with E-state index < -0.39 is 10.0 Å². The number of nitrogens with two attached hydrogens (primary N) is 1. The zero-order chi connectivity index (χ0) is 18.6. The normalized spacial score (nSPS) is 13.4. The maximum absolute atomic E-state index is 11.4. The van der Waals surface area contributed by atoms with Gasteiger partial charge in [0.1, 0.15) is 0 Å². The number of hydrogen-bond donors (Lipinski definition) is 1. The van der Waals surface area contributed by atoms with Gasteiger partial charge in [0.2, 0.25) is 16.1 Å². The SMILES string of the molecule is NS(=O)(=O)c1nn2cc(-c3ccc(-c4ccc5c(c4)OCO5)cc3)nc2s1. The van der Waals surface area contributed by atoms with Gasteiger partial charge in [-0.1, -0.05) is 41.7 Å². The van der Waals surface area contributed by atoms with E-state index in [4.69, 9.17) is 14.6 Å². The Labute approximate surface area is 157 Å². The molecular formula is C17H12N4O4S2. The van der Waals surface area contributed by atoms with Crippen molar-refractivity contribution in [2.24, 2.45) is 5.14 Å². The topological polar surface area (TPSA) is 109 Å². The highest BCUT2D eigenvalue weighted by Crippen LogP contribution is 2.36. The second-order valence-corrected chi connectivity index (χ2v) is 8.60. The van der Waals surface area contributed by atoms with Crippen molar-refractivity contribution >= 4 is 26.3 Å². The lowest BCUT2D eigenvalue weighted by molar-refractivity contribution is 0.174. The first kappa shape index (κ1) is 16.2. The molecule has 0 radical (unpaired) electrons. The summed E-state index contributed by atoms with van der Waals surface area (Å²) in [4.78, 5) is 4.90. The zero-order valence-corrected chi connectivity index (χ0v) is 15.3. The molecule has 8 nitrogen and oxygen atoms in total. The van der Waals surface area contributed by atoms with Crippen LogP contribution in [0.5, 0.6) is 11.5 Å². The molecule has 0 aliphatic carbocycles. The van der Waals surface area contributed by atoms with Gasteiger partial charge >= 0.3 is 0 Å². The average Bonchev–Trinajstić information content (AvgIpc) is 3.34. The summed E-state index contributed by atoms with van der Waals surface area (Å²) in [7, 11) is -3.83. The van der Waals surface area contributed by atoms with Crippen molar-refractivity contribution in [2.45, 2.75) is 4.34 Å². The van der Waals surface area contributed by atoms with E-state index in [2.05, 4.69) is 10.1 Å². The van der Waals surface area contributed by atoms with Crippen LogP contribution in [0.2, 0.25) is 0 Å². The van der Waals surface area contributed by atoms with Gasteiger partial charge in [-0.25, -0.2) is 23.1 Å². The van der Waals surface area contributed by atoms with Crippen LogP contribution in [-0.4, -0.2) is 29.8 Å². The molecule has 136 valence electrons. The highest BCUT2D eigenvalue weighted by atomic mass is 32.2. The van der Waals surface area contributed by atoms with E-state index in [-0.39, 0.29) is 11.1 Å². The van der Waals surface area contributed by atoms with Crippen LogP contribution in [0.25, 0.3) is 27.3 Å². The summed E-state index contributed by atoms with van der Waals surface area (Å²) in [5.41, 5.74) is 3.66. The van der Waals surface area contributed by atoms with Crippen LogP contribution in [0.1, 0.15) is 0 Å². The quantitative estimate of drug-likeness (QED) is 0.566. The molecule has 2 aromatic heterocycles. The monoisotopic (exact) mass is 400 g/mol. The third kappa shape index (κ3) is 2.83. The molecule has 27 heavy (non-hydrogen) atoms. The van der Waals surface area contributed by atoms with Gasteiger partial charge < -0.3 is 9.47 Å². The first-order chi connectivity index (χ1) is 13.0. The Hall–Kier alpha value is -2.95. The molecule has 2 N–H and O–H groups in total. The molecule has 4 aromatic rings. The average molecular weight is 400 g/mol. The van der Waals surface area contributed by atoms with Gasteiger partial charge in [-0.2, -0.15) is 0 Å². The van der Waals surface area contributed by atoms with Gasteiger partial charge in [-0.05, 0) is 23.3 Å². The summed E-state index contributed by atoms with van der Waals surface area (Å²) in [5, 5.41) is 9.06. The molecule has 0 spiro atoms. The standard InChI is InChI=1S/C17H12N4O4S2/c18-27(22,23)17-20-21-8-13(19-16(21)26-17)11-3-1-10(2-4-11)12-5-6-14-15(7-12)25-9-24-14/h1-8H,9H2,(H2,18,22,23). The second-order valence-electron chi connectivity index (χ2n) is 5.91. The third-order valence-electron chi connectivity index (χ3n) is 4.15. The van der Waals surface area contributed by atoms with Crippen LogP contribution in [0.3, 0.4) is 0 Å². The van der Waals surface area contributed by atoms with Gasteiger partial charge in [0.15, 0.2) is 11.5 Å². The molecule has 1 aliphatic heterocycles. The number of imidazole rings is 1. The third-order valence-corrected chi connectivity index (χ3v) is 6.39. The lowest BCUT2D eigenvalue weighted by Crippen LogP contribution is -2.12. The summed E-state index contributed by atoms with van der Waals surface area (Å²) in [6, 6.07) is 13.7. The Morgan fingerprint density at radius 2 is 1.70 bits per heavy atom. The van der Waals surface area contributed by atoms with Crippen molar-refractivity contribution in [3.63, 3.8) is 0 Å². The Morgan fingerprint density at radius 1 is 1.00 bits per heavy atom. The molecule has 10 heteroatoms. The number of aromatic nitrogens is 3. The number of rotatable bonds is 3. The molecule has 5 rings (SSSR count). The summed E-state index contributed by atoms with van der Waals surface area (Å²) in [6.45, 7) is 0.246. The number of hydrogen-bond acceptors (Lipinski definition) is 7. The lowest BCUT2D eigenvalue weighted by Gasteiger charge is -2.04. The maximum Gasteiger partial charge on any atom is 0.267 e. The predicted octanol–water partition coefficient (Wildman–Crippen LogP) is 2.50. The van der Waals surface area contributed by atoms with Gasteiger partial charge in [-0.15, -0.1) is 5.10 Å². The summed E-state index contributed by atoms with van der Waals surface area (Å²) in [5.74, 6) is 1.49. The van der Waals surface area contributed by atoms with Crippen molar-refractivity contribution in [1.82, 2.24) is 14.6 Å². The van der Waals surface area contributed by atoms with Crippen molar-refractivity contribution in [1.29, 1.82) is 0 Å². The van der Waals surface area contributed by atoms with Crippen molar-refractivity contribution in [2.75, 3.05) is 6.79 Å². The van der Waals surface area contributed by atoms with E-state index in [1.54, 1.807) is 6.20 Å². The van der Waals surface area contributed by atoms with Crippen LogP contribution >= 0.6 is 11.3 Å². The highest BCUT2D eigenvalue weighted by Gasteiger charge is 2.17. The van der Waals surface area contributed by atoms with Crippen LogP contribution < -0.4 is 14.6 Å². The van der Waals surface area contributed by atoms with Crippen LogP contribution in [0.4, 0.5) is 0 Å².